The van der Waals surface area contributed by atoms with E-state index in [2.05, 4.69) is 28.8 Å². The standard InChI is InChI=1S/C21H29N3O/c1-16(25)23-14-7-12-20(23)21-22-18-10-5-6-11-19(18)24(21)15-13-17-8-3-2-4-9-17/h5-6,10-11,17,20H,2-4,7-9,12-15H2,1H3/t20-/m0/s1. The van der Waals surface area contributed by atoms with Gasteiger partial charge in [0.15, 0.2) is 0 Å². The van der Waals surface area contributed by atoms with Crippen LogP contribution in [-0.2, 0) is 11.3 Å². The number of aryl methyl sites for hydroxylation is 1. The summed E-state index contributed by atoms with van der Waals surface area (Å²) in [5.41, 5.74) is 2.29. The smallest absolute Gasteiger partial charge is 0.220 e. The summed E-state index contributed by atoms with van der Waals surface area (Å²) >= 11 is 0. The zero-order valence-electron chi connectivity index (χ0n) is 15.3. The Labute approximate surface area is 150 Å². The predicted octanol–water partition coefficient (Wildman–Crippen LogP) is 4.69. The fourth-order valence-corrected chi connectivity index (χ4v) is 4.78. The van der Waals surface area contributed by atoms with Crippen LogP contribution in [-0.4, -0.2) is 26.9 Å². The molecule has 2 aliphatic rings. The van der Waals surface area contributed by atoms with Crippen molar-refractivity contribution in [2.24, 2.45) is 5.92 Å². The first-order valence-electron chi connectivity index (χ1n) is 9.96. The van der Waals surface area contributed by atoms with Gasteiger partial charge in [0.2, 0.25) is 5.91 Å². The van der Waals surface area contributed by atoms with E-state index in [9.17, 15) is 4.79 Å². The van der Waals surface area contributed by atoms with Crippen LogP contribution in [0.1, 0.15) is 70.2 Å². The van der Waals surface area contributed by atoms with Gasteiger partial charge in [-0.15, -0.1) is 0 Å². The van der Waals surface area contributed by atoms with Crippen LogP contribution in [0.5, 0.6) is 0 Å². The first-order valence-corrected chi connectivity index (χ1v) is 9.96. The monoisotopic (exact) mass is 339 g/mol. The molecule has 1 saturated heterocycles. The Balaban J connectivity index is 1.64. The molecule has 0 bridgehead atoms. The number of carbonyl (C=O) groups is 1. The van der Waals surface area contributed by atoms with E-state index in [-0.39, 0.29) is 11.9 Å². The van der Waals surface area contributed by atoms with Gasteiger partial charge in [-0.05, 0) is 37.3 Å². The lowest BCUT2D eigenvalue weighted by molar-refractivity contribution is -0.129. The van der Waals surface area contributed by atoms with Crippen LogP contribution < -0.4 is 0 Å². The number of hydrogen-bond donors (Lipinski definition) is 0. The summed E-state index contributed by atoms with van der Waals surface area (Å²) in [6.45, 7) is 3.59. The number of nitrogens with zero attached hydrogens (tertiary/aromatic N) is 3. The minimum atomic E-state index is 0.149. The molecule has 25 heavy (non-hydrogen) atoms. The van der Waals surface area contributed by atoms with Crippen molar-refractivity contribution in [2.75, 3.05) is 6.54 Å². The van der Waals surface area contributed by atoms with Crippen molar-refractivity contribution < 1.29 is 4.79 Å². The summed E-state index contributed by atoms with van der Waals surface area (Å²) in [6.07, 6.45) is 10.3. The average Bonchev–Trinajstić information content (AvgIpc) is 3.25. The molecule has 2 aromatic rings. The van der Waals surface area contributed by atoms with Crippen LogP contribution in [0.3, 0.4) is 0 Å². The first kappa shape index (κ1) is 16.6. The molecule has 4 nitrogen and oxygen atoms in total. The average molecular weight is 339 g/mol. The number of amides is 1. The number of likely N-dealkylation sites (tertiary alicyclic amines) is 1. The van der Waals surface area contributed by atoms with Crippen LogP contribution in [0, 0.1) is 5.92 Å². The maximum Gasteiger partial charge on any atom is 0.220 e. The molecule has 1 aromatic heterocycles. The number of benzene rings is 1. The van der Waals surface area contributed by atoms with E-state index in [1.165, 1.54) is 44.0 Å². The van der Waals surface area contributed by atoms with E-state index in [1.807, 2.05) is 4.90 Å². The molecule has 2 heterocycles. The van der Waals surface area contributed by atoms with Crippen LogP contribution in [0.25, 0.3) is 11.0 Å². The van der Waals surface area contributed by atoms with Crippen LogP contribution in [0.4, 0.5) is 0 Å². The lowest BCUT2D eigenvalue weighted by atomic mass is 9.87. The maximum absolute atomic E-state index is 12.1. The van der Waals surface area contributed by atoms with E-state index in [4.69, 9.17) is 4.98 Å². The number of carbonyl (C=O) groups excluding carboxylic acids is 1. The Morgan fingerprint density at radius 2 is 1.92 bits per heavy atom. The highest BCUT2D eigenvalue weighted by Crippen LogP contribution is 2.34. The molecular weight excluding hydrogens is 310 g/mol. The van der Waals surface area contributed by atoms with Gasteiger partial charge in [-0.2, -0.15) is 0 Å². The molecule has 2 fully saturated rings. The molecule has 1 aromatic carbocycles. The molecule has 4 rings (SSSR count). The van der Waals surface area contributed by atoms with Crippen molar-refractivity contribution in [2.45, 2.75) is 70.9 Å². The van der Waals surface area contributed by atoms with E-state index in [1.54, 1.807) is 6.92 Å². The minimum Gasteiger partial charge on any atom is -0.333 e. The molecule has 4 heteroatoms. The van der Waals surface area contributed by atoms with E-state index in [0.29, 0.717) is 0 Å². The lowest BCUT2D eigenvalue weighted by Gasteiger charge is -2.25. The summed E-state index contributed by atoms with van der Waals surface area (Å²) in [5.74, 6) is 2.13. The number of rotatable bonds is 4. The zero-order chi connectivity index (χ0) is 17.2. The third kappa shape index (κ3) is 3.31. The Hall–Kier alpha value is -1.84. The molecular formula is C21H29N3O. The van der Waals surface area contributed by atoms with Gasteiger partial charge in [0.25, 0.3) is 0 Å². The molecule has 0 N–H and O–H groups in total. The second-order valence-corrected chi connectivity index (χ2v) is 7.77. The first-order chi connectivity index (χ1) is 12.2. The molecule has 1 aliphatic carbocycles. The summed E-state index contributed by atoms with van der Waals surface area (Å²) in [6, 6.07) is 8.59. The molecule has 0 spiro atoms. The van der Waals surface area contributed by atoms with Gasteiger partial charge in [-0.3, -0.25) is 4.79 Å². The van der Waals surface area contributed by atoms with Gasteiger partial charge < -0.3 is 9.47 Å². The quantitative estimate of drug-likeness (QED) is 0.810. The van der Waals surface area contributed by atoms with Crippen LogP contribution >= 0.6 is 0 Å². The van der Waals surface area contributed by atoms with Crippen molar-refractivity contribution in [1.29, 1.82) is 0 Å². The minimum absolute atomic E-state index is 0.149. The van der Waals surface area contributed by atoms with E-state index in [0.717, 1.165) is 43.2 Å². The highest BCUT2D eigenvalue weighted by Gasteiger charge is 2.32. The number of para-hydroxylation sites is 2. The van der Waals surface area contributed by atoms with Crippen molar-refractivity contribution in [3.05, 3.63) is 30.1 Å². The second kappa shape index (κ2) is 7.19. The molecule has 1 saturated carbocycles. The molecule has 1 amide bonds. The Bertz CT molecular complexity index is 745. The number of imidazole rings is 1. The Kier molecular flexibility index (Phi) is 4.78. The van der Waals surface area contributed by atoms with Crippen molar-refractivity contribution in [3.8, 4) is 0 Å². The number of fused-ring (bicyclic) bond motifs is 1. The SMILES string of the molecule is CC(=O)N1CCC[C@H]1c1nc2ccccc2n1CCC1CCCCC1. The second-order valence-electron chi connectivity index (χ2n) is 7.77. The van der Waals surface area contributed by atoms with Crippen molar-refractivity contribution >= 4 is 16.9 Å². The fourth-order valence-electron chi connectivity index (χ4n) is 4.78. The lowest BCUT2D eigenvalue weighted by Crippen LogP contribution is -2.30. The van der Waals surface area contributed by atoms with Crippen molar-refractivity contribution in [1.82, 2.24) is 14.5 Å². The Morgan fingerprint density at radius 1 is 1.12 bits per heavy atom. The summed E-state index contributed by atoms with van der Waals surface area (Å²) in [4.78, 5) is 19.0. The highest BCUT2D eigenvalue weighted by molar-refractivity contribution is 5.77. The number of aromatic nitrogens is 2. The van der Waals surface area contributed by atoms with Gasteiger partial charge in [0.1, 0.15) is 5.82 Å². The third-order valence-electron chi connectivity index (χ3n) is 6.13. The largest absolute Gasteiger partial charge is 0.333 e. The van der Waals surface area contributed by atoms with E-state index >= 15 is 0 Å². The highest BCUT2D eigenvalue weighted by atomic mass is 16.2. The van der Waals surface area contributed by atoms with Crippen LogP contribution in [0.15, 0.2) is 24.3 Å². The third-order valence-corrected chi connectivity index (χ3v) is 6.13. The summed E-state index contributed by atoms with van der Waals surface area (Å²) in [7, 11) is 0. The maximum atomic E-state index is 12.1. The zero-order valence-corrected chi connectivity index (χ0v) is 15.3. The van der Waals surface area contributed by atoms with Gasteiger partial charge >= 0.3 is 0 Å². The molecule has 0 unspecified atom stereocenters. The molecule has 1 aliphatic heterocycles. The fraction of sp³-hybridized carbons (Fsp3) is 0.619. The topological polar surface area (TPSA) is 38.1 Å². The summed E-state index contributed by atoms with van der Waals surface area (Å²) in [5, 5.41) is 0. The number of hydrogen-bond acceptors (Lipinski definition) is 2. The van der Waals surface area contributed by atoms with Gasteiger partial charge in [-0.1, -0.05) is 44.2 Å². The normalized spacial score (nSPS) is 22.0. The van der Waals surface area contributed by atoms with Gasteiger partial charge in [-0.25, -0.2) is 4.98 Å². The predicted molar refractivity (Wildman–Crippen MR) is 100 cm³/mol. The molecule has 1 atom stereocenters. The molecule has 0 radical (unpaired) electrons. The Morgan fingerprint density at radius 3 is 2.72 bits per heavy atom. The van der Waals surface area contributed by atoms with E-state index < -0.39 is 0 Å². The summed E-state index contributed by atoms with van der Waals surface area (Å²) < 4.78 is 2.41. The van der Waals surface area contributed by atoms with Gasteiger partial charge in [0.05, 0.1) is 17.1 Å². The van der Waals surface area contributed by atoms with Gasteiger partial charge in [0, 0.05) is 20.0 Å². The molecule has 134 valence electrons. The van der Waals surface area contributed by atoms with Crippen LogP contribution in [0.2, 0.25) is 0 Å². The van der Waals surface area contributed by atoms with Crippen molar-refractivity contribution in [3.63, 3.8) is 0 Å².